The molecule has 0 amide bonds. The Labute approximate surface area is 107 Å². The summed E-state index contributed by atoms with van der Waals surface area (Å²) >= 11 is 1.91. The third-order valence-corrected chi connectivity index (χ3v) is 4.55. The highest BCUT2D eigenvalue weighted by atomic mass is 32.2. The number of rotatable bonds is 7. The second kappa shape index (κ2) is 5.01. The van der Waals surface area contributed by atoms with Crippen LogP contribution < -0.4 is 0 Å². The summed E-state index contributed by atoms with van der Waals surface area (Å²) in [6, 6.07) is 0.731. The summed E-state index contributed by atoms with van der Waals surface area (Å²) in [5.74, 6) is 3.21. The van der Waals surface area contributed by atoms with Crippen molar-refractivity contribution in [1.29, 1.82) is 0 Å². The fraction of sp³-hybridized carbons (Fsp3) is 0.846. The lowest BCUT2D eigenvalue weighted by Crippen LogP contribution is -2.02. The SMILES string of the molecule is CCCCCSc1nnc(C2CC2)n1C1CC1. The Morgan fingerprint density at radius 2 is 2.00 bits per heavy atom. The minimum atomic E-state index is 0.730. The number of hydrogen-bond acceptors (Lipinski definition) is 3. The predicted molar refractivity (Wildman–Crippen MR) is 70.5 cm³/mol. The summed E-state index contributed by atoms with van der Waals surface area (Å²) in [7, 11) is 0. The van der Waals surface area contributed by atoms with Crippen molar-refractivity contribution in [2.75, 3.05) is 5.75 Å². The quantitative estimate of drug-likeness (QED) is 0.546. The van der Waals surface area contributed by atoms with Gasteiger partial charge in [0, 0.05) is 17.7 Å². The van der Waals surface area contributed by atoms with Gasteiger partial charge in [0.25, 0.3) is 0 Å². The van der Waals surface area contributed by atoms with Crippen LogP contribution in [0.2, 0.25) is 0 Å². The van der Waals surface area contributed by atoms with Gasteiger partial charge < -0.3 is 4.57 Å². The van der Waals surface area contributed by atoms with E-state index in [2.05, 4.69) is 21.7 Å². The zero-order valence-corrected chi connectivity index (χ0v) is 11.4. The summed E-state index contributed by atoms with van der Waals surface area (Å²) in [6.07, 6.45) is 9.25. The number of hydrogen-bond donors (Lipinski definition) is 0. The largest absolute Gasteiger partial charge is 0.303 e. The van der Waals surface area contributed by atoms with Crippen molar-refractivity contribution in [1.82, 2.24) is 14.8 Å². The van der Waals surface area contributed by atoms with Crippen molar-refractivity contribution in [2.45, 2.75) is 69.0 Å². The van der Waals surface area contributed by atoms with Crippen LogP contribution in [0.25, 0.3) is 0 Å². The Hall–Kier alpha value is -0.510. The van der Waals surface area contributed by atoms with E-state index in [0.29, 0.717) is 0 Å². The average molecular weight is 251 g/mol. The van der Waals surface area contributed by atoms with E-state index in [9.17, 15) is 0 Å². The van der Waals surface area contributed by atoms with Crippen LogP contribution in [-0.4, -0.2) is 20.5 Å². The molecule has 3 rings (SSSR count). The third-order valence-electron chi connectivity index (χ3n) is 3.52. The Morgan fingerprint density at radius 3 is 2.65 bits per heavy atom. The van der Waals surface area contributed by atoms with E-state index in [4.69, 9.17) is 0 Å². The van der Waals surface area contributed by atoms with Gasteiger partial charge in [-0.3, -0.25) is 0 Å². The molecule has 3 nitrogen and oxygen atoms in total. The van der Waals surface area contributed by atoms with Crippen LogP contribution in [0, 0.1) is 0 Å². The lowest BCUT2D eigenvalue weighted by Gasteiger charge is -2.07. The van der Waals surface area contributed by atoms with Gasteiger partial charge in [-0.2, -0.15) is 0 Å². The van der Waals surface area contributed by atoms with Gasteiger partial charge in [-0.25, -0.2) is 0 Å². The first-order valence-electron chi connectivity index (χ1n) is 6.97. The molecule has 0 bridgehead atoms. The number of nitrogens with zero attached hydrogens (tertiary/aromatic N) is 3. The molecule has 94 valence electrons. The normalized spacial score (nSPS) is 19.8. The van der Waals surface area contributed by atoms with Crippen LogP contribution in [0.1, 0.15) is 69.7 Å². The number of aromatic nitrogens is 3. The van der Waals surface area contributed by atoms with Gasteiger partial charge in [0.15, 0.2) is 5.16 Å². The van der Waals surface area contributed by atoms with Gasteiger partial charge in [-0.15, -0.1) is 10.2 Å². The molecule has 0 aliphatic heterocycles. The summed E-state index contributed by atoms with van der Waals surface area (Å²) < 4.78 is 2.45. The maximum absolute atomic E-state index is 4.43. The zero-order valence-electron chi connectivity index (χ0n) is 10.6. The van der Waals surface area contributed by atoms with Gasteiger partial charge in [0.1, 0.15) is 5.82 Å². The van der Waals surface area contributed by atoms with Crippen LogP contribution in [0.15, 0.2) is 5.16 Å². The molecule has 0 radical (unpaired) electrons. The van der Waals surface area contributed by atoms with E-state index < -0.39 is 0 Å². The van der Waals surface area contributed by atoms with Gasteiger partial charge in [0.2, 0.25) is 0 Å². The van der Waals surface area contributed by atoms with Gasteiger partial charge in [-0.05, 0) is 32.1 Å². The molecular formula is C13H21N3S. The molecule has 0 spiro atoms. The highest BCUT2D eigenvalue weighted by molar-refractivity contribution is 7.99. The van der Waals surface area contributed by atoms with Crippen molar-refractivity contribution < 1.29 is 0 Å². The van der Waals surface area contributed by atoms with Crippen molar-refractivity contribution in [3.05, 3.63) is 5.82 Å². The number of thioether (sulfide) groups is 1. The Balaban J connectivity index is 1.66. The molecule has 0 unspecified atom stereocenters. The van der Waals surface area contributed by atoms with Crippen LogP contribution >= 0.6 is 11.8 Å². The summed E-state index contributed by atoms with van der Waals surface area (Å²) in [4.78, 5) is 0. The van der Waals surface area contributed by atoms with E-state index in [1.165, 1.54) is 61.7 Å². The maximum atomic E-state index is 4.43. The van der Waals surface area contributed by atoms with Crippen LogP contribution in [0.3, 0.4) is 0 Å². The monoisotopic (exact) mass is 251 g/mol. The lowest BCUT2D eigenvalue weighted by atomic mass is 10.3. The molecule has 0 atom stereocenters. The van der Waals surface area contributed by atoms with Crippen LogP contribution in [0.5, 0.6) is 0 Å². The van der Waals surface area contributed by atoms with Crippen molar-refractivity contribution >= 4 is 11.8 Å². The molecule has 0 N–H and O–H groups in total. The van der Waals surface area contributed by atoms with Crippen molar-refractivity contribution in [2.24, 2.45) is 0 Å². The van der Waals surface area contributed by atoms with Crippen molar-refractivity contribution in [3.63, 3.8) is 0 Å². The molecule has 0 aromatic carbocycles. The van der Waals surface area contributed by atoms with E-state index in [0.717, 1.165) is 12.0 Å². The Bertz CT molecular complexity index is 380. The minimum absolute atomic E-state index is 0.730. The van der Waals surface area contributed by atoms with Crippen molar-refractivity contribution in [3.8, 4) is 0 Å². The molecule has 2 fully saturated rings. The molecule has 4 heteroatoms. The summed E-state index contributed by atoms with van der Waals surface area (Å²) in [5.41, 5.74) is 0. The van der Waals surface area contributed by atoms with Crippen LogP contribution in [0.4, 0.5) is 0 Å². The molecule has 2 aliphatic rings. The van der Waals surface area contributed by atoms with E-state index >= 15 is 0 Å². The summed E-state index contributed by atoms with van der Waals surface area (Å²) in [5, 5.41) is 10.0. The molecule has 2 aliphatic carbocycles. The smallest absolute Gasteiger partial charge is 0.191 e. The highest BCUT2D eigenvalue weighted by Crippen LogP contribution is 2.45. The zero-order chi connectivity index (χ0) is 11.7. The van der Waals surface area contributed by atoms with Gasteiger partial charge >= 0.3 is 0 Å². The standard InChI is InChI=1S/C13H21N3S/c1-2-3-4-9-17-13-15-14-12(10-5-6-10)16(13)11-7-8-11/h10-11H,2-9H2,1H3. The minimum Gasteiger partial charge on any atom is -0.303 e. The highest BCUT2D eigenvalue weighted by Gasteiger charge is 2.36. The Morgan fingerprint density at radius 1 is 1.18 bits per heavy atom. The molecule has 17 heavy (non-hydrogen) atoms. The van der Waals surface area contributed by atoms with E-state index in [1.807, 2.05) is 11.8 Å². The third kappa shape index (κ3) is 2.67. The second-order valence-corrected chi connectivity index (χ2v) is 6.33. The van der Waals surface area contributed by atoms with Crippen LogP contribution in [-0.2, 0) is 0 Å². The summed E-state index contributed by atoms with van der Waals surface area (Å²) in [6.45, 7) is 2.25. The number of unbranched alkanes of at least 4 members (excludes halogenated alkanes) is 2. The molecule has 2 saturated carbocycles. The second-order valence-electron chi connectivity index (χ2n) is 5.27. The molecular weight excluding hydrogens is 230 g/mol. The van der Waals surface area contributed by atoms with Gasteiger partial charge in [-0.1, -0.05) is 31.5 Å². The lowest BCUT2D eigenvalue weighted by molar-refractivity contribution is 0.626. The maximum Gasteiger partial charge on any atom is 0.191 e. The Kier molecular flexibility index (Phi) is 3.41. The van der Waals surface area contributed by atoms with E-state index in [-0.39, 0.29) is 0 Å². The average Bonchev–Trinajstić information content (AvgIpc) is 3.23. The molecule has 0 saturated heterocycles. The predicted octanol–water partition coefficient (Wildman–Crippen LogP) is 3.77. The fourth-order valence-electron chi connectivity index (χ4n) is 2.20. The molecule has 1 aromatic rings. The first-order valence-corrected chi connectivity index (χ1v) is 7.96. The molecule has 1 heterocycles. The first kappa shape index (κ1) is 11.6. The molecule has 1 aromatic heterocycles. The first-order chi connectivity index (χ1) is 8.40. The van der Waals surface area contributed by atoms with Gasteiger partial charge in [0.05, 0.1) is 0 Å². The van der Waals surface area contributed by atoms with E-state index in [1.54, 1.807) is 0 Å². The fourth-order valence-corrected chi connectivity index (χ4v) is 3.21. The topological polar surface area (TPSA) is 30.7 Å².